The zero-order valence-electron chi connectivity index (χ0n) is 19.1. The van der Waals surface area contributed by atoms with Gasteiger partial charge in [0.2, 0.25) is 5.91 Å². The van der Waals surface area contributed by atoms with Crippen molar-refractivity contribution in [1.82, 2.24) is 19.7 Å². The highest BCUT2D eigenvalue weighted by Crippen LogP contribution is 2.32. The van der Waals surface area contributed by atoms with Crippen LogP contribution in [0.3, 0.4) is 0 Å². The number of nitrogens with zero attached hydrogens (tertiary/aromatic N) is 4. The third-order valence-electron chi connectivity index (χ3n) is 5.61. The van der Waals surface area contributed by atoms with Gasteiger partial charge < -0.3 is 9.64 Å². The SMILES string of the molecule is CC(Sc1nnc(-c2ccc(C(C)(C)C)cc2)n1-c1ccccc1)C(=O)N1CCOCC1. The van der Waals surface area contributed by atoms with E-state index in [-0.39, 0.29) is 16.6 Å². The summed E-state index contributed by atoms with van der Waals surface area (Å²) < 4.78 is 7.42. The Morgan fingerprint density at radius 2 is 1.66 bits per heavy atom. The predicted octanol–water partition coefficient (Wildman–Crippen LogP) is 4.57. The van der Waals surface area contributed by atoms with Crippen LogP contribution in [-0.2, 0) is 14.9 Å². The van der Waals surface area contributed by atoms with Gasteiger partial charge in [0.05, 0.1) is 18.5 Å². The molecule has 6 nitrogen and oxygen atoms in total. The lowest BCUT2D eigenvalue weighted by molar-refractivity contribution is -0.134. The molecular formula is C25H30N4O2S. The van der Waals surface area contributed by atoms with Gasteiger partial charge in [0.25, 0.3) is 0 Å². The number of carbonyl (C=O) groups is 1. The van der Waals surface area contributed by atoms with E-state index >= 15 is 0 Å². The van der Waals surface area contributed by atoms with Gasteiger partial charge in [0.15, 0.2) is 11.0 Å². The molecule has 1 aromatic heterocycles. The fourth-order valence-electron chi connectivity index (χ4n) is 3.71. The van der Waals surface area contributed by atoms with Crippen LogP contribution in [0.1, 0.15) is 33.3 Å². The molecule has 2 heterocycles. The molecule has 0 bridgehead atoms. The molecule has 1 unspecified atom stereocenters. The first-order valence-corrected chi connectivity index (χ1v) is 11.9. The van der Waals surface area contributed by atoms with Gasteiger partial charge in [-0.25, -0.2) is 0 Å². The zero-order chi connectivity index (χ0) is 22.7. The Kier molecular flexibility index (Phi) is 6.67. The first-order valence-electron chi connectivity index (χ1n) is 11.0. The standard InChI is InChI=1S/C25H30N4O2S/c1-18(23(30)28-14-16-31-17-15-28)32-24-27-26-22(29(24)21-8-6-5-7-9-21)19-10-12-20(13-11-19)25(2,3)4/h5-13,18H,14-17H2,1-4H3. The van der Waals surface area contributed by atoms with Crippen LogP contribution in [0.2, 0.25) is 0 Å². The molecule has 1 amide bonds. The summed E-state index contributed by atoms with van der Waals surface area (Å²) in [4.78, 5) is 14.8. The van der Waals surface area contributed by atoms with E-state index in [0.29, 0.717) is 31.5 Å². The number of carbonyl (C=O) groups excluding carboxylic acids is 1. The largest absolute Gasteiger partial charge is 0.378 e. The van der Waals surface area contributed by atoms with Crippen molar-refractivity contribution < 1.29 is 9.53 Å². The molecule has 168 valence electrons. The highest BCUT2D eigenvalue weighted by molar-refractivity contribution is 8.00. The summed E-state index contributed by atoms with van der Waals surface area (Å²) in [5.41, 5.74) is 3.32. The third-order valence-corrected chi connectivity index (χ3v) is 6.64. The molecule has 32 heavy (non-hydrogen) atoms. The van der Waals surface area contributed by atoms with Crippen LogP contribution < -0.4 is 0 Å². The zero-order valence-corrected chi connectivity index (χ0v) is 19.9. The van der Waals surface area contributed by atoms with Crippen LogP contribution in [-0.4, -0.2) is 57.1 Å². The normalized spacial score (nSPS) is 15.6. The Balaban J connectivity index is 1.66. The molecule has 0 N–H and O–H groups in total. The summed E-state index contributed by atoms with van der Waals surface area (Å²) in [6.45, 7) is 11.0. The van der Waals surface area contributed by atoms with Crippen LogP contribution >= 0.6 is 11.8 Å². The third kappa shape index (κ3) is 4.89. The molecular weight excluding hydrogens is 420 g/mol. The summed E-state index contributed by atoms with van der Waals surface area (Å²) in [7, 11) is 0. The minimum Gasteiger partial charge on any atom is -0.378 e. The summed E-state index contributed by atoms with van der Waals surface area (Å²) in [6.07, 6.45) is 0. The first-order chi connectivity index (χ1) is 15.3. The van der Waals surface area contributed by atoms with E-state index < -0.39 is 0 Å². The predicted molar refractivity (Wildman–Crippen MR) is 128 cm³/mol. The highest BCUT2D eigenvalue weighted by atomic mass is 32.2. The lowest BCUT2D eigenvalue weighted by Crippen LogP contribution is -2.44. The fraction of sp³-hybridized carbons (Fsp3) is 0.400. The molecule has 3 aromatic rings. The number of aromatic nitrogens is 3. The van der Waals surface area contributed by atoms with Gasteiger partial charge in [0.1, 0.15) is 0 Å². The molecule has 1 fully saturated rings. The van der Waals surface area contributed by atoms with E-state index in [1.165, 1.54) is 17.3 Å². The molecule has 0 radical (unpaired) electrons. The summed E-state index contributed by atoms with van der Waals surface area (Å²) in [6, 6.07) is 18.6. The summed E-state index contributed by atoms with van der Waals surface area (Å²) in [5.74, 6) is 0.877. The van der Waals surface area contributed by atoms with E-state index in [0.717, 1.165) is 17.1 Å². The van der Waals surface area contributed by atoms with Crippen LogP contribution in [0.15, 0.2) is 59.8 Å². The maximum absolute atomic E-state index is 13.0. The second-order valence-corrected chi connectivity index (χ2v) is 10.3. The fourth-order valence-corrected chi connectivity index (χ4v) is 4.66. The van der Waals surface area contributed by atoms with Crippen molar-refractivity contribution in [3.05, 3.63) is 60.2 Å². The van der Waals surface area contributed by atoms with Crippen LogP contribution in [0.4, 0.5) is 0 Å². The van der Waals surface area contributed by atoms with E-state index in [4.69, 9.17) is 4.74 Å². The Labute approximate surface area is 194 Å². The van der Waals surface area contributed by atoms with Gasteiger partial charge in [-0.15, -0.1) is 10.2 Å². The van der Waals surface area contributed by atoms with Crippen molar-refractivity contribution >= 4 is 17.7 Å². The van der Waals surface area contributed by atoms with Gasteiger partial charge in [-0.1, -0.05) is 75.0 Å². The number of benzene rings is 2. The molecule has 7 heteroatoms. The Hall–Kier alpha value is -2.64. The first kappa shape index (κ1) is 22.6. The molecule has 1 saturated heterocycles. The van der Waals surface area contributed by atoms with Gasteiger partial charge in [0, 0.05) is 24.3 Å². The average molecular weight is 451 g/mol. The van der Waals surface area contributed by atoms with E-state index in [1.54, 1.807) is 0 Å². The summed E-state index contributed by atoms with van der Waals surface area (Å²) >= 11 is 1.45. The quantitative estimate of drug-likeness (QED) is 0.533. The van der Waals surface area contributed by atoms with Crippen molar-refractivity contribution in [2.45, 2.75) is 43.5 Å². The molecule has 0 saturated carbocycles. The van der Waals surface area contributed by atoms with Crippen molar-refractivity contribution in [3.8, 4) is 17.1 Å². The number of para-hydroxylation sites is 1. The monoisotopic (exact) mass is 450 g/mol. The molecule has 2 aromatic carbocycles. The minimum absolute atomic E-state index is 0.0852. The van der Waals surface area contributed by atoms with Gasteiger partial charge in [-0.2, -0.15) is 0 Å². The van der Waals surface area contributed by atoms with Crippen molar-refractivity contribution in [1.29, 1.82) is 0 Å². The molecule has 4 rings (SSSR count). The number of amides is 1. The van der Waals surface area contributed by atoms with Crippen LogP contribution in [0, 0.1) is 0 Å². The average Bonchev–Trinajstić information content (AvgIpc) is 3.22. The second kappa shape index (κ2) is 9.46. The molecule has 0 aliphatic carbocycles. The molecule has 1 atom stereocenters. The molecule has 1 aliphatic rings. The van der Waals surface area contributed by atoms with Gasteiger partial charge >= 0.3 is 0 Å². The van der Waals surface area contributed by atoms with Gasteiger partial charge in [-0.05, 0) is 30.0 Å². The van der Waals surface area contributed by atoms with E-state index in [1.807, 2.05) is 46.7 Å². The smallest absolute Gasteiger partial charge is 0.236 e. The maximum atomic E-state index is 13.0. The second-order valence-electron chi connectivity index (χ2n) is 9.00. The van der Waals surface area contributed by atoms with E-state index in [9.17, 15) is 4.79 Å². The molecule has 0 spiro atoms. The topological polar surface area (TPSA) is 60.2 Å². The lowest BCUT2D eigenvalue weighted by atomic mass is 9.87. The van der Waals surface area contributed by atoms with Crippen molar-refractivity contribution in [2.75, 3.05) is 26.3 Å². The number of hydrogen-bond donors (Lipinski definition) is 0. The van der Waals surface area contributed by atoms with Crippen molar-refractivity contribution in [2.24, 2.45) is 0 Å². The highest BCUT2D eigenvalue weighted by Gasteiger charge is 2.26. The van der Waals surface area contributed by atoms with Crippen LogP contribution in [0.25, 0.3) is 17.1 Å². The van der Waals surface area contributed by atoms with Gasteiger partial charge in [-0.3, -0.25) is 9.36 Å². The maximum Gasteiger partial charge on any atom is 0.236 e. The van der Waals surface area contributed by atoms with Crippen LogP contribution in [0.5, 0.6) is 0 Å². The number of hydrogen-bond acceptors (Lipinski definition) is 5. The number of ether oxygens (including phenoxy) is 1. The Morgan fingerprint density at radius 1 is 1.00 bits per heavy atom. The van der Waals surface area contributed by atoms with E-state index in [2.05, 4.69) is 55.2 Å². The van der Waals surface area contributed by atoms with Crippen molar-refractivity contribution in [3.63, 3.8) is 0 Å². The minimum atomic E-state index is -0.268. The lowest BCUT2D eigenvalue weighted by Gasteiger charge is -2.28. The number of morpholine rings is 1. The Bertz CT molecular complexity index is 1050. The Morgan fingerprint density at radius 3 is 2.28 bits per heavy atom. The molecule has 1 aliphatic heterocycles. The number of rotatable bonds is 5. The number of thioether (sulfide) groups is 1. The summed E-state index contributed by atoms with van der Waals surface area (Å²) in [5, 5.41) is 9.46.